The standard InChI is InChI=1S/C16H30N2O/c1-11(16(2,3)4)10-17-15(19)9-12-7-13-5-6-14(8-12)18-13/h11-14,18H,5-10H2,1-4H3,(H,17,19). The Labute approximate surface area is 117 Å². The predicted octanol–water partition coefficient (Wildman–Crippen LogP) is 2.71. The van der Waals surface area contributed by atoms with Gasteiger partial charge >= 0.3 is 0 Å². The Bertz CT molecular complexity index is 309. The Morgan fingerprint density at radius 3 is 2.37 bits per heavy atom. The molecule has 0 spiro atoms. The third-order valence-electron chi connectivity index (χ3n) is 5.13. The van der Waals surface area contributed by atoms with Crippen LogP contribution in [-0.2, 0) is 4.79 Å². The highest BCUT2D eigenvalue weighted by molar-refractivity contribution is 5.76. The van der Waals surface area contributed by atoms with Crippen LogP contribution in [0.3, 0.4) is 0 Å². The molecular formula is C16H30N2O. The molecule has 2 saturated heterocycles. The lowest BCUT2D eigenvalue weighted by Crippen LogP contribution is -2.40. The van der Waals surface area contributed by atoms with Crippen LogP contribution in [0, 0.1) is 17.3 Å². The van der Waals surface area contributed by atoms with E-state index in [9.17, 15) is 4.79 Å². The number of carbonyl (C=O) groups is 1. The van der Waals surface area contributed by atoms with Crippen LogP contribution in [0.1, 0.15) is 59.8 Å². The summed E-state index contributed by atoms with van der Waals surface area (Å²) >= 11 is 0. The van der Waals surface area contributed by atoms with Crippen molar-refractivity contribution in [3.63, 3.8) is 0 Å². The van der Waals surface area contributed by atoms with Gasteiger partial charge in [0.15, 0.2) is 0 Å². The minimum absolute atomic E-state index is 0.252. The molecule has 0 aromatic carbocycles. The molecule has 2 aliphatic heterocycles. The third-order valence-corrected chi connectivity index (χ3v) is 5.13. The molecule has 0 radical (unpaired) electrons. The first kappa shape index (κ1) is 14.8. The minimum atomic E-state index is 0.252. The number of hydrogen-bond acceptors (Lipinski definition) is 2. The summed E-state index contributed by atoms with van der Waals surface area (Å²) in [6, 6.07) is 1.37. The molecule has 0 aliphatic carbocycles. The van der Waals surface area contributed by atoms with Gasteiger partial charge in [-0.2, -0.15) is 0 Å². The van der Waals surface area contributed by atoms with E-state index in [1.807, 2.05) is 0 Å². The van der Waals surface area contributed by atoms with Gasteiger partial charge in [-0.25, -0.2) is 0 Å². The SMILES string of the molecule is CC(CNC(=O)CC1CC2CCC(C1)N2)C(C)(C)C. The second-order valence-electron chi connectivity index (χ2n) is 7.75. The molecule has 2 heterocycles. The van der Waals surface area contributed by atoms with E-state index in [2.05, 4.69) is 38.3 Å². The Hall–Kier alpha value is -0.570. The normalized spacial score (nSPS) is 32.1. The van der Waals surface area contributed by atoms with Crippen molar-refractivity contribution < 1.29 is 4.79 Å². The zero-order valence-corrected chi connectivity index (χ0v) is 13.0. The summed E-state index contributed by atoms with van der Waals surface area (Å²) < 4.78 is 0. The average molecular weight is 266 g/mol. The molecule has 0 saturated carbocycles. The lowest BCUT2D eigenvalue weighted by Gasteiger charge is -2.30. The Morgan fingerprint density at radius 1 is 1.26 bits per heavy atom. The fraction of sp³-hybridized carbons (Fsp3) is 0.938. The minimum Gasteiger partial charge on any atom is -0.356 e. The highest BCUT2D eigenvalue weighted by Crippen LogP contribution is 2.32. The van der Waals surface area contributed by atoms with Crippen molar-refractivity contribution in [3.8, 4) is 0 Å². The first-order chi connectivity index (χ1) is 8.84. The number of rotatable bonds is 4. The van der Waals surface area contributed by atoms with Crippen molar-refractivity contribution in [3.05, 3.63) is 0 Å². The zero-order valence-electron chi connectivity index (χ0n) is 13.0. The molecule has 3 atom stereocenters. The summed E-state index contributed by atoms with van der Waals surface area (Å²) in [6.07, 6.45) is 5.73. The topological polar surface area (TPSA) is 41.1 Å². The molecule has 3 heteroatoms. The van der Waals surface area contributed by atoms with Gasteiger partial charge in [0.25, 0.3) is 0 Å². The van der Waals surface area contributed by atoms with Gasteiger partial charge < -0.3 is 10.6 Å². The number of piperidine rings is 1. The molecule has 1 amide bonds. The van der Waals surface area contributed by atoms with Crippen LogP contribution >= 0.6 is 0 Å². The monoisotopic (exact) mass is 266 g/mol. The summed E-state index contributed by atoms with van der Waals surface area (Å²) in [7, 11) is 0. The van der Waals surface area contributed by atoms with Gasteiger partial charge in [-0.1, -0.05) is 27.7 Å². The van der Waals surface area contributed by atoms with Crippen molar-refractivity contribution in [2.75, 3.05) is 6.54 Å². The molecule has 2 fully saturated rings. The molecule has 2 bridgehead atoms. The van der Waals surface area contributed by atoms with Gasteiger partial charge in [-0.15, -0.1) is 0 Å². The van der Waals surface area contributed by atoms with Gasteiger partial charge in [0.2, 0.25) is 5.91 Å². The number of amides is 1. The molecule has 2 aliphatic rings. The first-order valence-corrected chi connectivity index (χ1v) is 7.87. The maximum Gasteiger partial charge on any atom is 0.220 e. The lowest BCUT2D eigenvalue weighted by molar-refractivity contribution is -0.122. The number of hydrogen-bond donors (Lipinski definition) is 2. The molecule has 0 aromatic rings. The first-order valence-electron chi connectivity index (χ1n) is 7.87. The molecule has 0 aromatic heterocycles. The van der Waals surface area contributed by atoms with Crippen LogP contribution in [-0.4, -0.2) is 24.5 Å². The maximum atomic E-state index is 12.0. The average Bonchev–Trinajstić information content (AvgIpc) is 2.64. The summed E-state index contributed by atoms with van der Waals surface area (Å²) in [5.74, 6) is 1.37. The molecule has 110 valence electrons. The van der Waals surface area contributed by atoms with Gasteiger partial charge in [-0.3, -0.25) is 4.79 Å². The molecular weight excluding hydrogens is 236 g/mol. The van der Waals surface area contributed by atoms with Gasteiger partial charge in [-0.05, 0) is 42.9 Å². The highest BCUT2D eigenvalue weighted by Gasteiger charge is 2.34. The van der Waals surface area contributed by atoms with E-state index in [-0.39, 0.29) is 11.3 Å². The predicted molar refractivity (Wildman–Crippen MR) is 78.9 cm³/mol. The van der Waals surface area contributed by atoms with Crippen molar-refractivity contribution in [2.24, 2.45) is 17.3 Å². The quantitative estimate of drug-likeness (QED) is 0.821. The van der Waals surface area contributed by atoms with Crippen molar-refractivity contribution in [1.29, 1.82) is 0 Å². The maximum absolute atomic E-state index is 12.0. The van der Waals surface area contributed by atoms with Gasteiger partial charge in [0.1, 0.15) is 0 Å². The van der Waals surface area contributed by atoms with E-state index in [0.29, 0.717) is 23.9 Å². The number of fused-ring (bicyclic) bond motifs is 2. The zero-order chi connectivity index (χ0) is 14.0. The fourth-order valence-electron chi connectivity index (χ4n) is 3.25. The van der Waals surface area contributed by atoms with Crippen molar-refractivity contribution >= 4 is 5.91 Å². The molecule has 3 nitrogen and oxygen atoms in total. The van der Waals surface area contributed by atoms with Crippen molar-refractivity contribution in [1.82, 2.24) is 10.6 Å². The van der Waals surface area contributed by atoms with Gasteiger partial charge in [0.05, 0.1) is 0 Å². The van der Waals surface area contributed by atoms with Crippen molar-refractivity contribution in [2.45, 2.75) is 71.9 Å². The summed E-state index contributed by atoms with van der Waals surface area (Å²) in [5.41, 5.74) is 0.265. The van der Waals surface area contributed by atoms with Gasteiger partial charge in [0, 0.05) is 25.0 Å². The molecule has 2 rings (SSSR count). The van der Waals surface area contributed by atoms with E-state index < -0.39 is 0 Å². The van der Waals surface area contributed by atoms with Crippen LogP contribution in [0.25, 0.3) is 0 Å². The fourth-order valence-corrected chi connectivity index (χ4v) is 3.25. The molecule has 2 N–H and O–H groups in total. The largest absolute Gasteiger partial charge is 0.356 e. The second-order valence-corrected chi connectivity index (χ2v) is 7.75. The van der Waals surface area contributed by atoms with Crippen LogP contribution in [0.2, 0.25) is 0 Å². The smallest absolute Gasteiger partial charge is 0.220 e. The third kappa shape index (κ3) is 4.20. The van der Waals surface area contributed by atoms with E-state index in [1.54, 1.807) is 0 Å². The van der Waals surface area contributed by atoms with Crippen LogP contribution in [0.15, 0.2) is 0 Å². The van der Waals surface area contributed by atoms with Crippen LogP contribution < -0.4 is 10.6 Å². The van der Waals surface area contributed by atoms with E-state index in [0.717, 1.165) is 13.0 Å². The van der Waals surface area contributed by atoms with Crippen LogP contribution in [0.4, 0.5) is 0 Å². The molecule has 3 unspecified atom stereocenters. The summed E-state index contributed by atoms with van der Waals surface area (Å²) in [4.78, 5) is 12.0. The number of nitrogens with one attached hydrogen (secondary N) is 2. The second kappa shape index (κ2) is 5.82. The van der Waals surface area contributed by atoms with E-state index in [4.69, 9.17) is 0 Å². The lowest BCUT2D eigenvalue weighted by atomic mass is 9.82. The van der Waals surface area contributed by atoms with Crippen LogP contribution in [0.5, 0.6) is 0 Å². The Kier molecular flexibility index (Phi) is 4.54. The Morgan fingerprint density at radius 2 is 1.84 bits per heavy atom. The highest BCUT2D eigenvalue weighted by atomic mass is 16.1. The summed E-state index contributed by atoms with van der Waals surface area (Å²) in [5, 5.41) is 6.76. The number of carbonyl (C=O) groups excluding carboxylic acids is 1. The Balaban J connectivity index is 1.70. The van der Waals surface area contributed by atoms with E-state index >= 15 is 0 Å². The summed E-state index contributed by atoms with van der Waals surface area (Å²) in [6.45, 7) is 9.71. The van der Waals surface area contributed by atoms with E-state index in [1.165, 1.54) is 25.7 Å². The molecule has 19 heavy (non-hydrogen) atoms.